The van der Waals surface area contributed by atoms with Crippen molar-refractivity contribution < 1.29 is 4.79 Å². The summed E-state index contributed by atoms with van der Waals surface area (Å²) in [6.45, 7) is 8.76. The summed E-state index contributed by atoms with van der Waals surface area (Å²) in [5.74, 6) is 2.54. The molecule has 0 spiro atoms. The summed E-state index contributed by atoms with van der Waals surface area (Å²) in [5, 5.41) is 0. The largest absolute Gasteiger partial charge is 0.299 e. The van der Waals surface area contributed by atoms with Gasteiger partial charge in [0.05, 0.1) is 0 Å². The Morgan fingerprint density at radius 2 is 1.54 bits per heavy atom. The molecule has 0 bridgehead atoms. The van der Waals surface area contributed by atoms with Crippen LogP contribution in [0.5, 0.6) is 0 Å². The number of carbonyl (C=O) groups is 1. The molecule has 0 amide bonds. The molecule has 0 aromatic heterocycles. The fourth-order valence-corrected chi connectivity index (χ4v) is 2.21. The highest BCUT2D eigenvalue weighted by atomic mass is 16.1. The van der Waals surface area contributed by atoms with E-state index in [0.29, 0.717) is 29.5 Å². The summed E-state index contributed by atoms with van der Waals surface area (Å²) in [7, 11) is 0. The van der Waals surface area contributed by atoms with Crippen LogP contribution < -0.4 is 0 Å². The van der Waals surface area contributed by atoms with E-state index in [-0.39, 0.29) is 0 Å². The Hall–Kier alpha value is -0.330. The summed E-state index contributed by atoms with van der Waals surface area (Å²) in [4.78, 5) is 11.8. The van der Waals surface area contributed by atoms with Gasteiger partial charge in [-0.3, -0.25) is 4.79 Å². The van der Waals surface area contributed by atoms with E-state index in [4.69, 9.17) is 0 Å². The molecule has 4 unspecified atom stereocenters. The third-order valence-corrected chi connectivity index (χ3v) is 3.90. The van der Waals surface area contributed by atoms with Crippen LogP contribution in [0.15, 0.2) is 0 Å². The quantitative estimate of drug-likeness (QED) is 0.652. The van der Waals surface area contributed by atoms with E-state index in [1.54, 1.807) is 0 Å². The molecule has 0 radical (unpaired) electrons. The summed E-state index contributed by atoms with van der Waals surface area (Å²) in [5.41, 5.74) is 0. The number of Topliss-reactive ketones (excluding diaryl/α,β-unsaturated/α-hetero) is 1. The van der Waals surface area contributed by atoms with Crippen molar-refractivity contribution in [2.75, 3.05) is 0 Å². The molecule has 1 nitrogen and oxygen atoms in total. The second-order valence-corrected chi connectivity index (χ2v) is 4.62. The van der Waals surface area contributed by atoms with Gasteiger partial charge < -0.3 is 0 Å². The molecule has 1 fully saturated rings. The van der Waals surface area contributed by atoms with Crippen molar-refractivity contribution in [2.24, 2.45) is 23.7 Å². The topological polar surface area (TPSA) is 17.1 Å². The van der Waals surface area contributed by atoms with Crippen molar-refractivity contribution in [2.45, 2.75) is 47.0 Å². The van der Waals surface area contributed by atoms with Crippen LogP contribution in [0.25, 0.3) is 0 Å². The minimum absolute atomic E-state index is 0.393. The molecular weight excluding hydrogens is 160 g/mol. The van der Waals surface area contributed by atoms with Crippen LogP contribution in [-0.2, 0) is 4.79 Å². The Morgan fingerprint density at radius 1 is 1.15 bits per heavy atom. The first kappa shape index (κ1) is 10.7. The van der Waals surface area contributed by atoms with E-state index in [0.717, 1.165) is 19.3 Å². The Labute approximate surface area is 81.9 Å². The van der Waals surface area contributed by atoms with E-state index in [9.17, 15) is 4.79 Å². The Morgan fingerprint density at radius 3 is 1.77 bits per heavy atom. The lowest BCUT2D eigenvalue weighted by molar-refractivity contribution is -0.141. The fraction of sp³-hybridized carbons (Fsp3) is 0.917. The molecule has 13 heavy (non-hydrogen) atoms. The van der Waals surface area contributed by atoms with E-state index < -0.39 is 0 Å². The van der Waals surface area contributed by atoms with Gasteiger partial charge >= 0.3 is 0 Å². The molecule has 0 heterocycles. The second kappa shape index (κ2) is 4.26. The maximum atomic E-state index is 11.8. The molecule has 1 aliphatic rings. The zero-order valence-corrected chi connectivity index (χ0v) is 9.34. The molecule has 1 aliphatic carbocycles. The SMILES string of the molecule is CCC(C)C1CC(C(C)CC)C1=O. The molecule has 1 rings (SSSR count). The molecule has 0 aromatic carbocycles. The molecule has 4 atom stereocenters. The van der Waals surface area contributed by atoms with E-state index in [1.165, 1.54) is 0 Å². The van der Waals surface area contributed by atoms with Gasteiger partial charge in [0, 0.05) is 11.8 Å². The molecule has 0 aliphatic heterocycles. The first-order valence-electron chi connectivity index (χ1n) is 5.65. The molecular formula is C12H22O. The van der Waals surface area contributed by atoms with Crippen LogP contribution in [0.1, 0.15) is 47.0 Å². The highest BCUT2D eigenvalue weighted by molar-refractivity contribution is 5.89. The van der Waals surface area contributed by atoms with Crippen LogP contribution in [0.4, 0.5) is 0 Å². The summed E-state index contributed by atoms with van der Waals surface area (Å²) < 4.78 is 0. The molecule has 1 saturated carbocycles. The Balaban J connectivity index is 2.43. The average molecular weight is 182 g/mol. The van der Waals surface area contributed by atoms with E-state index in [2.05, 4.69) is 27.7 Å². The summed E-state index contributed by atoms with van der Waals surface area (Å²) in [6.07, 6.45) is 3.44. The van der Waals surface area contributed by atoms with Gasteiger partial charge in [0.25, 0.3) is 0 Å². The predicted octanol–water partition coefficient (Wildman–Crippen LogP) is 3.28. The van der Waals surface area contributed by atoms with Gasteiger partial charge in [-0.1, -0.05) is 40.5 Å². The zero-order valence-electron chi connectivity index (χ0n) is 9.34. The maximum Gasteiger partial charge on any atom is 0.139 e. The first-order chi connectivity index (χ1) is 6.11. The molecule has 0 saturated heterocycles. The molecule has 0 aromatic rings. The van der Waals surface area contributed by atoms with Crippen LogP contribution in [0, 0.1) is 23.7 Å². The molecule has 76 valence electrons. The maximum absolute atomic E-state index is 11.8. The number of rotatable bonds is 4. The molecule has 1 heteroatoms. The van der Waals surface area contributed by atoms with Gasteiger partial charge in [-0.05, 0) is 18.3 Å². The number of ketones is 1. The zero-order chi connectivity index (χ0) is 10.0. The van der Waals surface area contributed by atoms with Crippen LogP contribution >= 0.6 is 0 Å². The Bertz CT molecular complexity index is 168. The van der Waals surface area contributed by atoms with Crippen molar-refractivity contribution in [1.29, 1.82) is 0 Å². The smallest absolute Gasteiger partial charge is 0.139 e. The van der Waals surface area contributed by atoms with Gasteiger partial charge in [-0.2, -0.15) is 0 Å². The lowest BCUT2D eigenvalue weighted by Crippen LogP contribution is -2.43. The van der Waals surface area contributed by atoms with Crippen molar-refractivity contribution in [3.05, 3.63) is 0 Å². The van der Waals surface area contributed by atoms with Gasteiger partial charge in [0.2, 0.25) is 0 Å². The standard InChI is InChI=1S/C12H22O/c1-5-8(3)10-7-11(12(10)13)9(4)6-2/h8-11H,5-7H2,1-4H3. The lowest BCUT2D eigenvalue weighted by Gasteiger charge is -2.40. The lowest BCUT2D eigenvalue weighted by atomic mass is 9.62. The van der Waals surface area contributed by atoms with Gasteiger partial charge in [0.15, 0.2) is 0 Å². The predicted molar refractivity (Wildman–Crippen MR) is 55.5 cm³/mol. The fourth-order valence-electron chi connectivity index (χ4n) is 2.21. The van der Waals surface area contributed by atoms with Crippen LogP contribution in [0.3, 0.4) is 0 Å². The number of hydrogen-bond donors (Lipinski definition) is 0. The highest BCUT2D eigenvalue weighted by Gasteiger charge is 2.43. The second-order valence-electron chi connectivity index (χ2n) is 4.62. The van der Waals surface area contributed by atoms with Gasteiger partial charge in [-0.25, -0.2) is 0 Å². The van der Waals surface area contributed by atoms with Crippen molar-refractivity contribution in [3.63, 3.8) is 0 Å². The van der Waals surface area contributed by atoms with Crippen molar-refractivity contribution in [3.8, 4) is 0 Å². The van der Waals surface area contributed by atoms with Crippen LogP contribution in [0.2, 0.25) is 0 Å². The summed E-state index contributed by atoms with van der Waals surface area (Å²) in [6, 6.07) is 0. The third kappa shape index (κ3) is 1.95. The minimum Gasteiger partial charge on any atom is -0.299 e. The van der Waals surface area contributed by atoms with Crippen molar-refractivity contribution >= 4 is 5.78 Å². The van der Waals surface area contributed by atoms with Crippen molar-refractivity contribution in [1.82, 2.24) is 0 Å². The van der Waals surface area contributed by atoms with Crippen LogP contribution in [-0.4, -0.2) is 5.78 Å². The van der Waals surface area contributed by atoms with E-state index in [1.807, 2.05) is 0 Å². The van der Waals surface area contributed by atoms with Gasteiger partial charge in [0.1, 0.15) is 5.78 Å². The minimum atomic E-state index is 0.393. The van der Waals surface area contributed by atoms with Gasteiger partial charge in [-0.15, -0.1) is 0 Å². The number of hydrogen-bond acceptors (Lipinski definition) is 1. The molecule has 0 N–H and O–H groups in total. The normalized spacial score (nSPS) is 32.5. The third-order valence-electron chi connectivity index (χ3n) is 3.90. The summed E-state index contributed by atoms with van der Waals surface area (Å²) >= 11 is 0. The number of carbonyl (C=O) groups excluding carboxylic acids is 1. The highest BCUT2D eigenvalue weighted by Crippen LogP contribution is 2.41. The Kier molecular flexibility index (Phi) is 3.52. The first-order valence-corrected chi connectivity index (χ1v) is 5.65. The average Bonchev–Trinajstić information content (AvgIpc) is 2.14. The van der Waals surface area contributed by atoms with E-state index >= 15 is 0 Å². The monoisotopic (exact) mass is 182 g/mol.